The van der Waals surface area contributed by atoms with Crippen molar-refractivity contribution in [3.8, 4) is 0 Å². The molecule has 1 saturated carbocycles. The van der Waals surface area contributed by atoms with Crippen LogP contribution in [0.2, 0.25) is 0 Å². The monoisotopic (exact) mass is 332 g/mol. The molecule has 0 atom stereocenters. The van der Waals surface area contributed by atoms with Gasteiger partial charge in [-0.25, -0.2) is 8.78 Å². The second kappa shape index (κ2) is 7.45. The summed E-state index contributed by atoms with van der Waals surface area (Å²) in [5, 5.41) is 0. The van der Waals surface area contributed by atoms with E-state index in [1.54, 1.807) is 0 Å². The summed E-state index contributed by atoms with van der Waals surface area (Å²) in [6, 6.07) is 1.63. The average molecular weight is 332 g/mol. The van der Waals surface area contributed by atoms with Crippen molar-refractivity contribution in [3.63, 3.8) is 0 Å². The SMILES string of the molecule is CC=CC1CCC(CCc2cc(F)c(C(F)(F)F)c(F)c2)CC1. The minimum absolute atomic E-state index is 0.295. The van der Waals surface area contributed by atoms with E-state index in [0.717, 1.165) is 44.2 Å². The van der Waals surface area contributed by atoms with Gasteiger partial charge in [-0.15, -0.1) is 0 Å². The molecule has 0 N–H and O–H groups in total. The molecule has 0 spiro atoms. The Kier molecular flexibility index (Phi) is 5.82. The molecule has 1 aliphatic rings. The zero-order valence-corrected chi connectivity index (χ0v) is 13.1. The number of rotatable bonds is 4. The quantitative estimate of drug-likeness (QED) is 0.448. The Bertz CT molecular complexity index is 528. The number of halogens is 5. The lowest BCUT2D eigenvalue weighted by molar-refractivity contribution is -0.142. The first kappa shape index (κ1) is 18.0. The summed E-state index contributed by atoms with van der Waals surface area (Å²) in [7, 11) is 0. The molecule has 1 aromatic carbocycles. The van der Waals surface area contributed by atoms with Crippen LogP contribution in [0.3, 0.4) is 0 Å². The first-order chi connectivity index (χ1) is 10.8. The van der Waals surface area contributed by atoms with Crippen LogP contribution in [0, 0.1) is 23.5 Å². The summed E-state index contributed by atoms with van der Waals surface area (Å²) in [5.74, 6) is -1.96. The fourth-order valence-electron chi connectivity index (χ4n) is 3.35. The van der Waals surface area contributed by atoms with Crippen LogP contribution in [-0.2, 0) is 12.6 Å². The van der Waals surface area contributed by atoms with Crippen molar-refractivity contribution < 1.29 is 22.0 Å². The van der Waals surface area contributed by atoms with Gasteiger partial charge in [0.2, 0.25) is 0 Å². The minimum atomic E-state index is -5.00. The van der Waals surface area contributed by atoms with Crippen LogP contribution in [0.5, 0.6) is 0 Å². The van der Waals surface area contributed by atoms with E-state index >= 15 is 0 Å². The molecule has 0 amide bonds. The van der Waals surface area contributed by atoms with Gasteiger partial charge in [-0.05, 0) is 75.0 Å². The Labute approximate surface area is 133 Å². The molecule has 0 aliphatic heterocycles. The summed E-state index contributed by atoms with van der Waals surface area (Å²) in [6.07, 6.45) is 4.74. The molecule has 0 nitrogen and oxygen atoms in total. The number of aryl methyl sites for hydroxylation is 1. The highest BCUT2D eigenvalue weighted by Gasteiger charge is 2.37. The van der Waals surface area contributed by atoms with Gasteiger partial charge in [0.25, 0.3) is 0 Å². The minimum Gasteiger partial charge on any atom is -0.206 e. The fraction of sp³-hybridized carbons (Fsp3) is 0.556. The van der Waals surface area contributed by atoms with Crippen LogP contribution in [0.4, 0.5) is 22.0 Å². The Morgan fingerprint density at radius 3 is 2.09 bits per heavy atom. The second-order valence-electron chi connectivity index (χ2n) is 6.28. The molecule has 0 bridgehead atoms. The summed E-state index contributed by atoms with van der Waals surface area (Å²) in [5.41, 5.74) is -1.50. The van der Waals surface area contributed by atoms with Gasteiger partial charge in [-0.1, -0.05) is 12.2 Å². The van der Waals surface area contributed by atoms with Gasteiger partial charge in [0.05, 0.1) is 0 Å². The smallest absolute Gasteiger partial charge is 0.206 e. The third-order valence-corrected chi connectivity index (χ3v) is 4.58. The third-order valence-electron chi connectivity index (χ3n) is 4.58. The van der Waals surface area contributed by atoms with E-state index in [0.29, 0.717) is 23.8 Å². The van der Waals surface area contributed by atoms with Gasteiger partial charge < -0.3 is 0 Å². The highest BCUT2D eigenvalue weighted by atomic mass is 19.4. The van der Waals surface area contributed by atoms with Gasteiger partial charge in [0.1, 0.15) is 17.2 Å². The van der Waals surface area contributed by atoms with Crippen molar-refractivity contribution in [1.82, 2.24) is 0 Å². The molecule has 128 valence electrons. The average Bonchev–Trinajstić information content (AvgIpc) is 2.44. The lowest BCUT2D eigenvalue weighted by Gasteiger charge is -2.26. The summed E-state index contributed by atoms with van der Waals surface area (Å²) in [6.45, 7) is 2.00. The predicted molar refractivity (Wildman–Crippen MR) is 79.9 cm³/mol. The second-order valence-corrected chi connectivity index (χ2v) is 6.28. The molecular weight excluding hydrogens is 311 g/mol. The van der Waals surface area contributed by atoms with Crippen LogP contribution in [0.1, 0.15) is 50.2 Å². The molecule has 0 unspecified atom stereocenters. The molecular formula is C18H21F5. The number of benzene rings is 1. The van der Waals surface area contributed by atoms with E-state index in [1.807, 2.05) is 6.92 Å². The number of hydrogen-bond acceptors (Lipinski definition) is 0. The molecule has 0 heterocycles. The number of allylic oxidation sites excluding steroid dienone is 2. The number of hydrogen-bond donors (Lipinski definition) is 0. The van der Waals surface area contributed by atoms with E-state index in [9.17, 15) is 22.0 Å². The molecule has 0 radical (unpaired) electrons. The van der Waals surface area contributed by atoms with Gasteiger partial charge in [0.15, 0.2) is 0 Å². The lowest BCUT2D eigenvalue weighted by atomic mass is 9.79. The van der Waals surface area contributed by atoms with E-state index in [1.165, 1.54) is 0 Å². The van der Waals surface area contributed by atoms with Crippen molar-refractivity contribution in [1.29, 1.82) is 0 Å². The van der Waals surface area contributed by atoms with Crippen molar-refractivity contribution >= 4 is 0 Å². The zero-order valence-electron chi connectivity index (χ0n) is 13.1. The largest absolute Gasteiger partial charge is 0.422 e. The van der Waals surface area contributed by atoms with Crippen molar-refractivity contribution in [2.24, 2.45) is 11.8 Å². The van der Waals surface area contributed by atoms with Crippen LogP contribution in [0.25, 0.3) is 0 Å². The molecule has 2 rings (SSSR count). The van der Waals surface area contributed by atoms with Crippen molar-refractivity contribution in [2.45, 2.75) is 51.6 Å². The fourth-order valence-corrected chi connectivity index (χ4v) is 3.35. The maximum Gasteiger partial charge on any atom is 0.422 e. The maximum absolute atomic E-state index is 13.5. The normalized spacial score (nSPS) is 22.7. The van der Waals surface area contributed by atoms with E-state index < -0.39 is 23.4 Å². The van der Waals surface area contributed by atoms with Gasteiger partial charge in [-0.2, -0.15) is 13.2 Å². The molecule has 1 aromatic rings. The molecule has 1 aliphatic carbocycles. The predicted octanol–water partition coefficient (Wildman–Crippen LogP) is 6.30. The van der Waals surface area contributed by atoms with E-state index in [2.05, 4.69) is 12.2 Å². The highest BCUT2D eigenvalue weighted by molar-refractivity contribution is 5.28. The summed E-state index contributed by atoms with van der Waals surface area (Å²) >= 11 is 0. The third kappa shape index (κ3) is 4.79. The summed E-state index contributed by atoms with van der Waals surface area (Å²) in [4.78, 5) is 0. The number of alkyl halides is 3. The Balaban J connectivity index is 1.95. The van der Waals surface area contributed by atoms with Crippen LogP contribution in [-0.4, -0.2) is 0 Å². The summed E-state index contributed by atoms with van der Waals surface area (Å²) < 4.78 is 64.7. The van der Waals surface area contributed by atoms with E-state index in [4.69, 9.17) is 0 Å². The molecule has 1 fully saturated rings. The van der Waals surface area contributed by atoms with Gasteiger partial charge >= 0.3 is 6.18 Å². The maximum atomic E-state index is 13.5. The molecule has 5 heteroatoms. The van der Waals surface area contributed by atoms with Gasteiger partial charge in [-0.3, -0.25) is 0 Å². The standard InChI is InChI=1S/C18H21F5/c1-2-3-12-4-6-13(7-5-12)8-9-14-10-15(19)17(16(20)11-14)18(21,22)23/h2-3,10-13H,4-9H2,1H3. The lowest BCUT2D eigenvalue weighted by Crippen LogP contribution is -2.14. The van der Waals surface area contributed by atoms with Crippen LogP contribution in [0.15, 0.2) is 24.3 Å². The first-order valence-corrected chi connectivity index (χ1v) is 7.99. The van der Waals surface area contributed by atoms with E-state index in [-0.39, 0.29) is 0 Å². The molecule has 23 heavy (non-hydrogen) atoms. The van der Waals surface area contributed by atoms with Crippen LogP contribution >= 0.6 is 0 Å². The zero-order chi connectivity index (χ0) is 17.0. The van der Waals surface area contributed by atoms with Gasteiger partial charge in [0, 0.05) is 0 Å². The first-order valence-electron chi connectivity index (χ1n) is 7.99. The Morgan fingerprint density at radius 1 is 1.04 bits per heavy atom. The molecule has 0 saturated heterocycles. The van der Waals surface area contributed by atoms with Crippen molar-refractivity contribution in [3.05, 3.63) is 47.0 Å². The highest BCUT2D eigenvalue weighted by Crippen LogP contribution is 2.35. The Hall–Kier alpha value is -1.39. The van der Waals surface area contributed by atoms with Crippen molar-refractivity contribution in [2.75, 3.05) is 0 Å². The Morgan fingerprint density at radius 2 is 1.61 bits per heavy atom. The molecule has 0 aromatic heterocycles. The topological polar surface area (TPSA) is 0 Å². The van der Waals surface area contributed by atoms with Crippen LogP contribution < -0.4 is 0 Å².